The maximum absolute atomic E-state index is 10.5. The number of nitrogens with zero attached hydrogens (tertiary/aromatic N) is 2. The highest BCUT2D eigenvalue weighted by atomic mass is 32.2. The number of aliphatic hydroxyl groups is 1. The van der Waals surface area contributed by atoms with Crippen LogP contribution in [0.5, 0.6) is 5.75 Å². The van der Waals surface area contributed by atoms with Crippen LogP contribution in [0.4, 0.5) is 5.69 Å². The number of β-amino-alcohol motifs (C(OH)–C–C–N with tert-alkyl or cyclic N) is 1. The van der Waals surface area contributed by atoms with Gasteiger partial charge in [0.1, 0.15) is 5.75 Å². The minimum atomic E-state index is -4.51. The first kappa shape index (κ1) is 18.0. The summed E-state index contributed by atoms with van der Waals surface area (Å²) in [5, 5.41) is 9.79. The zero-order valence-corrected chi connectivity index (χ0v) is 13.8. The van der Waals surface area contributed by atoms with Gasteiger partial charge >= 0.3 is 0 Å². The van der Waals surface area contributed by atoms with Crippen molar-refractivity contribution < 1.29 is 22.8 Å². The Labute approximate surface area is 136 Å². The Bertz CT molecular complexity index is 602. The van der Waals surface area contributed by atoms with Gasteiger partial charge in [-0.25, -0.2) is 13.1 Å². The van der Waals surface area contributed by atoms with Gasteiger partial charge in [0.25, 0.3) is 0 Å². The van der Waals surface area contributed by atoms with Crippen LogP contribution in [-0.4, -0.2) is 75.5 Å². The fraction of sp³-hybridized carbons (Fsp3) is 0.571. The molecular weight excluding hydrogens is 322 g/mol. The van der Waals surface area contributed by atoms with Gasteiger partial charge in [0, 0.05) is 39.3 Å². The molecule has 0 radical (unpaired) electrons. The maximum atomic E-state index is 10.5. The molecule has 0 spiro atoms. The fourth-order valence-corrected chi connectivity index (χ4v) is 3.02. The summed E-state index contributed by atoms with van der Waals surface area (Å²) in [6.45, 7) is 3.08. The van der Waals surface area contributed by atoms with Crippen LogP contribution in [-0.2, 0) is 10.3 Å². The highest BCUT2D eigenvalue weighted by molar-refractivity contribution is 7.83. The van der Waals surface area contributed by atoms with Crippen LogP contribution in [0.3, 0.4) is 0 Å². The minimum absolute atomic E-state index is 0.265. The molecule has 1 heterocycles. The van der Waals surface area contributed by atoms with E-state index in [1.807, 2.05) is 29.2 Å². The second-order valence-electron chi connectivity index (χ2n) is 5.42. The van der Waals surface area contributed by atoms with Gasteiger partial charge < -0.3 is 19.3 Å². The average Bonchev–Trinajstić information content (AvgIpc) is 2.53. The van der Waals surface area contributed by atoms with Gasteiger partial charge in [-0.2, -0.15) is 0 Å². The lowest BCUT2D eigenvalue weighted by molar-refractivity contribution is 0.111. The van der Waals surface area contributed by atoms with Gasteiger partial charge in [0.15, 0.2) is 10.3 Å². The molecule has 0 bridgehead atoms. The summed E-state index contributed by atoms with van der Waals surface area (Å²) >= 11 is 0. The Kier molecular flexibility index (Phi) is 6.19. The molecule has 2 N–H and O–H groups in total. The van der Waals surface area contributed by atoms with E-state index in [9.17, 15) is 18.1 Å². The number of aliphatic hydroxyl groups excluding tert-OH is 1. The monoisotopic (exact) mass is 344 g/mol. The van der Waals surface area contributed by atoms with Crippen LogP contribution < -0.4 is 14.4 Å². The van der Waals surface area contributed by atoms with Gasteiger partial charge in [-0.15, -0.1) is 0 Å². The maximum Gasteiger partial charge on any atom is 0.159 e. The first-order chi connectivity index (χ1) is 10.9. The van der Waals surface area contributed by atoms with Crippen molar-refractivity contribution in [2.45, 2.75) is 6.10 Å². The summed E-state index contributed by atoms with van der Waals surface area (Å²) < 4.78 is 38.6. The van der Waals surface area contributed by atoms with Crippen LogP contribution in [0, 0.1) is 0 Å². The van der Waals surface area contributed by atoms with Gasteiger partial charge in [-0.05, 0) is 12.1 Å². The van der Waals surface area contributed by atoms with Gasteiger partial charge in [0.05, 0.1) is 18.9 Å². The zero-order valence-electron chi connectivity index (χ0n) is 13.0. The number of hydrogen-bond acceptors (Lipinski definition) is 7. The summed E-state index contributed by atoms with van der Waals surface area (Å²) in [6.07, 6.45) is -0.906. The molecule has 23 heavy (non-hydrogen) atoms. The molecule has 0 aliphatic carbocycles. The van der Waals surface area contributed by atoms with E-state index in [4.69, 9.17) is 4.74 Å². The first-order valence-electron chi connectivity index (χ1n) is 7.38. The molecule has 2 rings (SSSR count). The van der Waals surface area contributed by atoms with E-state index in [1.165, 1.54) is 0 Å². The molecule has 0 saturated carbocycles. The third-order valence-corrected chi connectivity index (χ3v) is 4.28. The van der Waals surface area contributed by atoms with Crippen LogP contribution in [0.1, 0.15) is 0 Å². The van der Waals surface area contributed by atoms with Crippen LogP contribution in [0.15, 0.2) is 24.3 Å². The van der Waals surface area contributed by atoms with Crippen molar-refractivity contribution in [3.63, 3.8) is 0 Å². The fourth-order valence-electron chi connectivity index (χ4n) is 2.62. The Morgan fingerprint density at radius 1 is 1.30 bits per heavy atom. The van der Waals surface area contributed by atoms with E-state index < -0.39 is 16.4 Å². The highest BCUT2D eigenvalue weighted by Crippen LogP contribution is 2.28. The number of benzene rings is 1. The lowest BCUT2D eigenvalue weighted by Crippen LogP contribution is -2.50. The van der Waals surface area contributed by atoms with Gasteiger partial charge in [-0.3, -0.25) is 4.90 Å². The molecule has 9 heteroatoms. The van der Waals surface area contributed by atoms with Crippen LogP contribution >= 0.6 is 0 Å². The summed E-state index contributed by atoms with van der Waals surface area (Å²) in [6, 6.07) is 7.81. The summed E-state index contributed by atoms with van der Waals surface area (Å²) in [5.74, 6) is 0.825. The topological polar surface area (TPSA) is 105 Å². The summed E-state index contributed by atoms with van der Waals surface area (Å²) in [4.78, 5) is 4.25. The molecule has 1 aliphatic heterocycles. The standard InChI is InChI=1S/C14H23N3O5S/c1-22-14-5-3-2-4-13(14)17-8-6-16(7-9-17)11-12(18)10-15-23(19,20)21/h2-5,12,15,18H,6-11H2,1H3,(H,19,20,21)/p-1. The predicted octanol–water partition coefficient (Wildman–Crippen LogP) is -0.772. The number of nitrogens with one attached hydrogen (secondary N) is 1. The number of para-hydroxylation sites is 2. The number of rotatable bonds is 7. The number of methoxy groups -OCH3 is 1. The third-order valence-electron chi connectivity index (χ3n) is 3.76. The molecule has 8 nitrogen and oxygen atoms in total. The Morgan fingerprint density at radius 2 is 1.96 bits per heavy atom. The van der Waals surface area contributed by atoms with E-state index in [-0.39, 0.29) is 6.54 Å². The van der Waals surface area contributed by atoms with Crippen molar-refractivity contribution in [1.82, 2.24) is 9.62 Å². The second kappa shape index (κ2) is 7.93. The molecule has 1 aromatic carbocycles. The number of piperazine rings is 1. The van der Waals surface area contributed by atoms with Crippen LogP contribution in [0.25, 0.3) is 0 Å². The van der Waals surface area contributed by atoms with E-state index >= 15 is 0 Å². The van der Waals surface area contributed by atoms with E-state index in [1.54, 1.807) is 11.8 Å². The minimum Gasteiger partial charge on any atom is -0.735 e. The number of ether oxygens (including phenoxy) is 1. The molecular formula is C14H22N3O5S-. The van der Waals surface area contributed by atoms with Crippen molar-refractivity contribution in [3.05, 3.63) is 24.3 Å². The Morgan fingerprint density at radius 3 is 2.57 bits per heavy atom. The van der Waals surface area contributed by atoms with Crippen molar-refractivity contribution >= 4 is 16.0 Å². The first-order valence-corrected chi connectivity index (χ1v) is 8.79. The molecule has 1 fully saturated rings. The van der Waals surface area contributed by atoms with E-state index in [0.29, 0.717) is 6.54 Å². The van der Waals surface area contributed by atoms with Crippen LogP contribution in [0.2, 0.25) is 0 Å². The van der Waals surface area contributed by atoms with Gasteiger partial charge in [-0.1, -0.05) is 12.1 Å². The molecule has 1 unspecified atom stereocenters. The lowest BCUT2D eigenvalue weighted by Gasteiger charge is -2.37. The van der Waals surface area contributed by atoms with Crippen molar-refractivity contribution in [3.8, 4) is 5.75 Å². The molecule has 0 aromatic heterocycles. The highest BCUT2D eigenvalue weighted by Gasteiger charge is 2.21. The molecule has 1 aliphatic rings. The van der Waals surface area contributed by atoms with E-state index in [0.717, 1.165) is 37.6 Å². The summed E-state index contributed by atoms with van der Waals surface area (Å²) in [7, 11) is -2.87. The smallest absolute Gasteiger partial charge is 0.159 e. The van der Waals surface area contributed by atoms with E-state index in [2.05, 4.69) is 4.90 Å². The van der Waals surface area contributed by atoms with Crippen molar-refractivity contribution in [2.24, 2.45) is 0 Å². The quantitative estimate of drug-likeness (QED) is 0.626. The largest absolute Gasteiger partial charge is 0.735 e. The molecule has 0 amide bonds. The molecule has 130 valence electrons. The van der Waals surface area contributed by atoms with Crippen molar-refractivity contribution in [2.75, 3.05) is 51.3 Å². The van der Waals surface area contributed by atoms with Crippen molar-refractivity contribution in [1.29, 1.82) is 0 Å². The summed E-state index contributed by atoms with van der Waals surface area (Å²) in [5.41, 5.74) is 1.04. The zero-order chi connectivity index (χ0) is 16.9. The number of anilines is 1. The third kappa shape index (κ3) is 5.63. The average molecular weight is 344 g/mol. The SMILES string of the molecule is COc1ccccc1N1CCN(CC(O)CNS(=O)(=O)[O-])CC1. The second-order valence-corrected chi connectivity index (χ2v) is 6.61. The molecule has 1 saturated heterocycles. The van der Waals surface area contributed by atoms with Gasteiger partial charge in [0.2, 0.25) is 0 Å². The predicted molar refractivity (Wildman–Crippen MR) is 85.4 cm³/mol. The Balaban J connectivity index is 1.82. The Hall–Kier alpha value is -1.39. The molecule has 1 atom stereocenters. The lowest BCUT2D eigenvalue weighted by atomic mass is 10.2. The number of hydrogen-bond donors (Lipinski definition) is 2. The normalized spacial score (nSPS) is 18.0. The molecule has 1 aromatic rings.